The molecule has 0 aliphatic heterocycles. The number of aliphatic hydroxyl groups is 1. The van der Waals surface area contributed by atoms with Crippen molar-refractivity contribution < 1.29 is 15.0 Å². The van der Waals surface area contributed by atoms with Crippen LogP contribution in [0.1, 0.15) is 30.6 Å². The summed E-state index contributed by atoms with van der Waals surface area (Å²) in [5.41, 5.74) is -0.711. The van der Waals surface area contributed by atoms with Gasteiger partial charge >= 0.3 is 5.97 Å². The van der Waals surface area contributed by atoms with Crippen LogP contribution >= 0.6 is 31.9 Å². The summed E-state index contributed by atoms with van der Waals surface area (Å²) in [6.45, 7) is 3.82. The van der Waals surface area contributed by atoms with E-state index in [9.17, 15) is 9.90 Å². The maximum absolute atomic E-state index is 10.9. The third kappa shape index (κ3) is 3.29. The number of aromatic carboxylic acids is 1. The summed E-state index contributed by atoms with van der Waals surface area (Å²) in [7, 11) is 0. The lowest BCUT2D eigenvalue weighted by molar-refractivity contribution is 0.0648. The Kier molecular flexibility index (Phi) is 4.14. The number of rotatable bonds is 4. The van der Waals surface area contributed by atoms with E-state index in [1.165, 1.54) is 4.68 Å². The lowest BCUT2D eigenvalue weighted by Crippen LogP contribution is -2.21. The van der Waals surface area contributed by atoms with Gasteiger partial charge in [-0.2, -0.15) is 5.10 Å². The summed E-state index contributed by atoms with van der Waals surface area (Å²) in [6.07, 6.45) is 0.485. The predicted octanol–water partition coefficient (Wildman–Crippen LogP) is 2.27. The molecule has 90 valence electrons. The molecule has 5 nitrogen and oxygen atoms in total. The highest BCUT2D eigenvalue weighted by atomic mass is 79.9. The summed E-state index contributed by atoms with van der Waals surface area (Å²) in [5.74, 6) is -1.05. The van der Waals surface area contributed by atoms with Crippen molar-refractivity contribution in [2.75, 3.05) is 0 Å². The molecule has 0 amide bonds. The zero-order valence-electron chi connectivity index (χ0n) is 8.87. The second kappa shape index (κ2) is 4.85. The van der Waals surface area contributed by atoms with Crippen molar-refractivity contribution in [1.82, 2.24) is 9.78 Å². The van der Waals surface area contributed by atoms with Gasteiger partial charge < -0.3 is 10.2 Å². The highest BCUT2D eigenvalue weighted by Crippen LogP contribution is 2.25. The van der Waals surface area contributed by atoms with Crippen LogP contribution in [0.15, 0.2) is 9.21 Å². The molecule has 0 aromatic carbocycles. The monoisotopic (exact) mass is 354 g/mol. The summed E-state index contributed by atoms with van der Waals surface area (Å²) in [6, 6.07) is 0. The third-order valence-electron chi connectivity index (χ3n) is 2.00. The van der Waals surface area contributed by atoms with Gasteiger partial charge in [-0.3, -0.25) is 4.68 Å². The van der Waals surface area contributed by atoms with Crippen molar-refractivity contribution in [2.45, 2.75) is 32.4 Å². The fourth-order valence-electron chi connectivity index (χ4n) is 1.12. The summed E-state index contributed by atoms with van der Waals surface area (Å²) in [4.78, 5) is 10.9. The maximum atomic E-state index is 10.9. The summed E-state index contributed by atoms with van der Waals surface area (Å²) in [5, 5.41) is 22.5. The van der Waals surface area contributed by atoms with Crippen molar-refractivity contribution >= 4 is 37.8 Å². The molecule has 2 N–H and O–H groups in total. The summed E-state index contributed by atoms with van der Waals surface area (Å²) < 4.78 is 2.18. The molecule has 1 heterocycles. The molecule has 0 aliphatic carbocycles. The minimum Gasteiger partial charge on any atom is -0.477 e. The molecule has 0 spiro atoms. The zero-order chi connectivity index (χ0) is 12.5. The average Bonchev–Trinajstić information content (AvgIpc) is 2.36. The molecule has 7 heteroatoms. The molecule has 1 aromatic heterocycles. The van der Waals surface area contributed by atoms with E-state index >= 15 is 0 Å². The van der Waals surface area contributed by atoms with E-state index < -0.39 is 11.6 Å². The van der Waals surface area contributed by atoms with Gasteiger partial charge in [0, 0.05) is 6.54 Å². The van der Waals surface area contributed by atoms with E-state index in [1.54, 1.807) is 13.8 Å². The number of carbonyl (C=O) groups is 1. The Balaban J connectivity index is 2.91. The molecule has 0 aliphatic rings. The lowest BCUT2D eigenvalue weighted by Gasteiger charge is -2.16. The molecular formula is C9H12Br2N2O3. The quantitative estimate of drug-likeness (QED) is 0.868. The molecular weight excluding hydrogens is 344 g/mol. The number of halogens is 2. The van der Waals surface area contributed by atoms with Crippen molar-refractivity contribution in [3.8, 4) is 0 Å². The number of aromatic nitrogens is 2. The standard InChI is InChI=1S/C9H12Br2N2O3/c1-9(2,16)3-4-13-7(11)5(8(14)15)6(10)12-13/h16H,3-4H2,1-2H3,(H,14,15). The van der Waals surface area contributed by atoms with Gasteiger partial charge in [0.2, 0.25) is 0 Å². The molecule has 0 fully saturated rings. The van der Waals surface area contributed by atoms with Crippen molar-refractivity contribution in [1.29, 1.82) is 0 Å². The van der Waals surface area contributed by atoms with Crippen LogP contribution in [0, 0.1) is 0 Å². The number of hydrogen-bond acceptors (Lipinski definition) is 3. The highest BCUT2D eigenvalue weighted by molar-refractivity contribution is 9.11. The SMILES string of the molecule is CC(C)(O)CCn1nc(Br)c(C(=O)O)c1Br. The summed E-state index contributed by atoms with van der Waals surface area (Å²) >= 11 is 6.26. The first-order valence-electron chi connectivity index (χ1n) is 4.60. The second-order valence-corrected chi connectivity index (χ2v) is 5.55. The van der Waals surface area contributed by atoms with Crippen molar-refractivity contribution in [2.24, 2.45) is 0 Å². The van der Waals surface area contributed by atoms with Crippen LogP contribution in [0.2, 0.25) is 0 Å². The third-order valence-corrected chi connectivity index (χ3v) is 3.36. The Labute approximate surface area is 110 Å². The van der Waals surface area contributed by atoms with E-state index in [0.717, 1.165) is 0 Å². The smallest absolute Gasteiger partial charge is 0.341 e. The number of hydrogen-bond donors (Lipinski definition) is 2. The fraction of sp³-hybridized carbons (Fsp3) is 0.556. The van der Waals surface area contributed by atoms with Crippen LogP contribution in [0.4, 0.5) is 0 Å². The van der Waals surface area contributed by atoms with E-state index in [-0.39, 0.29) is 10.2 Å². The molecule has 1 aromatic rings. The zero-order valence-corrected chi connectivity index (χ0v) is 12.0. The van der Waals surface area contributed by atoms with Gasteiger partial charge in [0.25, 0.3) is 0 Å². The van der Waals surface area contributed by atoms with Crippen LogP contribution < -0.4 is 0 Å². The number of aryl methyl sites for hydroxylation is 1. The van der Waals surface area contributed by atoms with Gasteiger partial charge in [0.05, 0.1) is 5.60 Å². The van der Waals surface area contributed by atoms with Gasteiger partial charge in [-0.1, -0.05) is 0 Å². The molecule has 0 radical (unpaired) electrons. The van der Waals surface area contributed by atoms with E-state index in [2.05, 4.69) is 37.0 Å². The van der Waals surface area contributed by atoms with Crippen molar-refractivity contribution in [3.05, 3.63) is 14.8 Å². The Morgan fingerprint density at radius 1 is 1.50 bits per heavy atom. The minimum absolute atomic E-state index is 0.0933. The van der Waals surface area contributed by atoms with E-state index in [4.69, 9.17) is 5.11 Å². The maximum Gasteiger partial charge on any atom is 0.341 e. The van der Waals surface area contributed by atoms with Crippen LogP contribution in [0.25, 0.3) is 0 Å². The number of nitrogens with zero attached hydrogens (tertiary/aromatic N) is 2. The van der Waals surface area contributed by atoms with Crippen LogP contribution in [0.3, 0.4) is 0 Å². The first-order valence-corrected chi connectivity index (χ1v) is 6.18. The Bertz CT molecular complexity index is 410. The second-order valence-electron chi connectivity index (χ2n) is 4.05. The molecule has 0 bridgehead atoms. The fourth-order valence-corrected chi connectivity index (χ4v) is 2.55. The predicted molar refractivity (Wildman–Crippen MR) is 65.5 cm³/mol. The van der Waals surface area contributed by atoms with Crippen molar-refractivity contribution in [3.63, 3.8) is 0 Å². The topological polar surface area (TPSA) is 75.3 Å². The van der Waals surface area contributed by atoms with Gasteiger partial charge in [0.1, 0.15) is 14.8 Å². The number of carboxylic acids is 1. The Morgan fingerprint density at radius 2 is 2.06 bits per heavy atom. The first kappa shape index (κ1) is 13.7. The Morgan fingerprint density at radius 3 is 2.44 bits per heavy atom. The van der Waals surface area contributed by atoms with Gasteiger partial charge in [-0.25, -0.2) is 4.79 Å². The molecule has 1 rings (SSSR count). The molecule has 0 saturated heterocycles. The van der Waals surface area contributed by atoms with Gasteiger partial charge in [0.15, 0.2) is 0 Å². The first-order chi connectivity index (χ1) is 7.22. The van der Waals surface area contributed by atoms with Gasteiger partial charge in [-0.15, -0.1) is 0 Å². The number of carboxylic acid groups (broad SMARTS) is 1. The van der Waals surface area contributed by atoms with E-state index in [0.29, 0.717) is 17.6 Å². The Hall–Kier alpha value is -0.400. The largest absolute Gasteiger partial charge is 0.477 e. The van der Waals surface area contributed by atoms with Crippen LogP contribution in [-0.2, 0) is 6.54 Å². The average molecular weight is 356 g/mol. The van der Waals surface area contributed by atoms with Crippen LogP contribution in [0.5, 0.6) is 0 Å². The minimum atomic E-state index is -1.05. The molecule has 0 saturated carbocycles. The molecule has 0 atom stereocenters. The highest BCUT2D eigenvalue weighted by Gasteiger charge is 2.21. The molecule has 16 heavy (non-hydrogen) atoms. The normalized spacial score (nSPS) is 11.8. The van der Waals surface area contributed by atoms with Crippen LogP contribution in [-0.4, -0.2) is 31.6 Å². The van der Waals surface area contributed by atoms with Gasteiger partial charge in [-0.05, 0) is 52.1 Å². The van der Waals surface area contributed by atoms with E-state index in [1.807, 2.05) is 0 Å². The lowest BCUT2D eigenvalue weighted by atomic mass is 10.1. The molecule has 0 unspecified atom stereocenters.